The number of anilines is 1. The maximum Gasteiger partial charge on any atom is 0.103 e. The highest BCUT2D eigenvalue weighted by atomic mass is 15.1. The summed E-state index contributed by atoms with van der Waals surface area (Å²) in [7, 11) is 3.56. The fraction of sp³-hybridized carbons (Fsp3) is 0.182. The molecule has 0 saturated heterocycles. The number of hydrogen-bond acceptors (Lipinski definition) is 4. The van der Waals surface area contributed by atoms with Crippen LogP contribution in [0.1, 0.15) is 16.7 Å². The van der Waals surface area contributed by atoms with Gasteiger partial charge in [-0.25, -0.2) is 0 Å². The quantitative estimate of drug-likeness (QED) is 0.679. The molecule has 0 radical (unpaired) electrons. The Morgan fingerprint density at radius 1 is 0.933 bits per heavy atom. The molecule has 0 bridgehead atoms. The van der Waals surface area contributed by atoms with Crippen molar-refractivity contribution in [1.82, 2.24) is 0 Å². The largest absolute Gasteiger partial charge is 0.377 e. The molecule has 0 amide bonds. The Morgan fingerprint density at radius 3 is 1.93 bits per heavy atom. The van der Waals surface area contributed by atoms with Crippen LogP contribution in [0.5, 0.6) is 0 Å². The molecule has 1 rings (SSSR count). The monoisotopic (exact) mass is 196 g/mol. The molecule has 0 heterocycles. The zero-order valence-corrected chi connectivity index (χ0v) is 8.44. The highest BCUT2D eigenvalue weighted by Crippen LogP contribution is 2.23. The molecule has 15 heavy (non-hydrogen) atoms. The van der Waals surface area contributed by atoms with Crippen LogP contribution in [-0.4, -0.2) is 14.1 Å². The summed E-state index contributed by atoms with van der Waals surface area (Å²) < 4.78 is 0. The zero-order valence-electron chi connectivity index (χ0n) is 8.44. The first-order chi connectivity index (χ1) is 7.15. The van der Waals surface area contributed by atoms with Gasteiger partial charge in [-0.2, -0.15) is 15.8 Å². The van der Waals surface area contributed by atoms with E-state index in [2.05, 4.69) is 0 Å². The minimum atomic E-state index is 0.145. The van der Waals surface area contributed by atoms with Crippen molar-refractivity contribution in [3.05, 3.63) is 28.8 Å². The SMILES string of the molecule is CN(C)c1ccc(C#N)c(C#N)c1C#N. The van der Waals surface area contributed by atoms with E-state index in [1.54, 1.807) is 31.1 Å². The molecule has 0 spiro atoms. The van der Waals surface area contributed by atoms with Crippen molar-refractivity contribution in [2.45, 2.75) is 0 Å². The van der Waals surface area contributed by atoms with E-state index in [-0.39, 0.29) is 16.7 Å². The van der Waals surface area contributed by atoms with E-state index in [0.29, 0.717) is 5.69 Å². The highest BCUT2D eigenvalue weighted by molar-refractivity contribution is 5.68. The number of rotatable bonds is 1. The molecule has 1 aromatic carbocycles. The molecule has 0 atom stereocenters. The summed E-state index contributed by atoms with van der Waals surface area (Å²) in [5, 5.41) is 26.6. The molecule has 0 unspecified atom stereocenters. The molecule has 0 aliphatic carbocycles. The van der Waals surface area contributed by atoms with Gasteiger partial charge < -0.3 is 4.90 Å². The number of hydrogen-bond donors (Lipinski definition) is 0. The minimum Gasteiger partial charge on any atom is -0.377 e. The second kappa shape index (κ2) is 4.13. The van der Waals surface area contributed by atoms with Gasteiger partial charge in [-0.05, 0) is 12.1 Å². The Bertz CT molecular complexity index is 509. The van der Waals surface area contributed by atoms with Gasteiger partial charge in [0.05, 0.1) is 22.4 Å². The average Bonchev–Trinajstić information content (AvgIpc) is 2.26. The summed E-state index contributed by atoms with van der Waals surface area (Å²) in [6.07, 6.45) is 0. The summed E-state index contributed by atoms with van der Waals surface area (Å²) in [4.78, 5) is 1.74. The van der Waals surface area contributed by atoms with Gasteiger partial charge in [0.25, 0.3) is 0 Å². The van der Waals surface area contributed by atoms with Gasteiger partial charge in [-0.3, -0.25) is 0 Å². The molecule has 0 fully saturated rings. The van der Waals surface area contributed by atoms with Crippen LogP contribution in [0.15, 0.2) is 12.1 Å². The fourth-order valence-corrected chi connectivity index (χ4v) is 1.29. The van der Waals surface area contributed by atoms with Crippen molar-refractivity contribution in [1.29, 1.82) is 15.8 Å². The average molecular weight is 196 g/mol. The van der Waals surface area contributed by atoms with Crippen molar-refractivity contribution < 1.29 is 0 Å². The zero-order chi connectivity index (χ0) is 11.4. The summed E-state index contributed by atoms with van der Waals surface area (Å²) in [5.41, 5.74) is 1.28. The van der Waals surface area contributed by atoms with Crippen LogP contribution in [0.2, 0.25) is 0 Å². The first kappa shape index (κ1) is 10.6. The predicted octanol–water partition coefficient (Wildman–Crippen LogP) is 1.37. The van der Waals surface area contributed by atoms with Crippen molar-refractivity contribution in [2.75, 3.05) is 19.0 Å². The molecular formula is C11H8N4. The van der Waals surface area contributed by atoms with Gasteiger partial charge in [0.1, 0.15) is 18.2 Å². The first-order valence-electron chi connectivity index (χ1n) is 4.20. The van der Waals surface area contributed by atoms with Gasteiger partial charge >= 0.3 is 0 Å². The smallest absolute Gasteiger partial charge is 0.103 e. The lowest BCUT2D eigenvalue weighted by molar-refractivity contribution is 1.12. The molecule has 0 N–H and O–H groups in total. The van der Waals surface area contributed by atoms with E-state index in [4.69, 9.17) is 15.8 Å². The van der Waals surface area contributed by atoms with Gasteiger partial charge in [0, 0.05) is 14.1 Å². The van der Waals surface area contributed by atoms with E-state index in [1.807, 2.05) is 18.2 Å². The Labute approximate surface area is 88.2 Å². The van der Waals surface area contributed by atoms with E-state index >= 15 is 0 Å². The second-order valence-electron chi connectivity index (χ2n) is 3.11. The van der Waals surface area contributed by atoms with Gasteiger partial charge in [-0.15, -0.1) is 0 Å². The molecule has 72 valence electrons. The Kier molecular flexibility index (Phi) is 2.91. The Morgan fingerprint density at radius 2 is 1.53 bits per heavy atom. The Hall–Kier alpha value is -2.51. The molecule has 4 nitrogen and oxygen atoms in total. The predicted molar refractivity (Wildman–Crippen MR) is 54.9 cm³/mol. The van der Waals surface area contributed by atoms with E-state index in [0.717, 1.165) is 0 Å². The van der Waals surface area contributed by atoms with Crippen molar-refractivity contribution >= 4 is 5.69 Å². The summed E-state index contributed by atoms with van der Waals surface area (Å²) in [5.74, 6) is 0. The lowest BCUT2D eigenvalue weighted by Crippen LogP contribution is -2.11. The van der Waals surface area contributed by atoms with Crippen LogP contribution in [0, 0.1) is 34.0 Å². The summed E-state index contributed by atoms with van der Waals surface area (Å²) in [6, 6.07) is 8.96. The van der Waals surface area contributed by atoms with E-state index in [1.165, 1.54) is 0 Å². The maximum absolute atomic E-state index is 8.96. The number of benzene rings is 1. The van der Waals surface area contributed by atoms with Crippen LogP contribution in [0.4, 0.5) is 5.69 Å². The molecule has 1 aromatic rings. The Balaban J connectivity index is 3.61. The third-order valence-electron chi connectivity index (χ3n) is 2.01. The molecule has 4 heteroatoms. The van der Waals surface area contributed by atoms with Gasteiger partial charge in [0.15, 0.2) is 0 Å². The van der Waals surface area contributed by atoms with E-state index < -0.39 is 0 Å². The molecule has 0 aliphatic rings. The lowest BCUT2D eigenvalue weighted by Gasteiger charge is -2.14. The minimum absolute atomic E-state index is 0.145. The van der Waals surface area contributed by atoms with Crippen molar-refractivity contribution in [3.8, 4) is 18.2 Å². The van der Waals surface area contributed by atoms with Crippen LogP contribution in [-0.2, 0) is 0 Å². The van der Waals surface area contributed by atoms with Crippen LogP contribution >= 0.6 is 0 Å². The van der Waals surface area contributed by atoms with Gasteiger partial charge in [-0.1, -0.05) is 0 Å². The third-order valence-corrected chi connectivity index (χ3v) is 2.01. The van der Waals surface area contributed by atoms with Crippen LogP contribution < -0.4 is 4.90 Å². The topological polar surface area (TPSA) is 74.6 Å². The lowest BCUT2D eigenvalue weighted by atomic mass is 10.0. The summed E-state index contributed by atoms with van der Waals surface area (Å²) in [6.45, 7) is 0. The van der Waals surface area contributed by atoms with Crippen LogP contribution in [0.25, 0.3) is 0 Å². The highest BCUT2D eigenvalue weighted by Gasteiger charge is 2.13. The molecular weight excluding hydrogens is 188 g/mol. The third kappa shape index (κ3) is 1.73. The van der Waals surface area contributed by atoms with E-state index in [9.17, 15) is 0 Å². The standard InChI is InChI=1S/C11H8N4/c1-15(2)11-4-3-8(5-12)9(6-13)10(11)7-14/h3-4H,1-2H3. The molecule has 0 aliphatic heterocycles. The maximum atomic E-state index is 8.96. The normalized spacial score (nSPS) is 8.47. The van der Waals surface area contributed by atoms with Crippen molar-refractivity contribution in [3.63, 3.8) is 0 Å². The van der Waals surface area contributed by atoms with Crippen LogP contribution in [0.3, 0.4) is 0 Å². The fourth-order valence-electron chi connectivity index (χ4n) is 1.29. The number of nitriles is 3. The molecule has 0 aromatic heterocycles. The second-order valence-corrected chi connectivity index (χ2v) is 3.11. The van der Waals surface area contributed by atoms with Crippen molar-refractivity contribution in [2.24, 2.45) is 0 Å². The number of nitrogens with zero attached hydrogens (tertiary/aromatic N) is 4. The summed E-state index contributed by atoms with van der Waals surface area (Å²) >= 11 is 0. The first-order valence-corrected chi connectivity index (χ1v) is 4.20. The van der Waals surface area contributed by atoms with Gasteiger partial charge in [0.2, 0.25) is 0 Å². The molecule has 0 saturated carbocycles.